The maximum absolute atomic E-state index is 12.1. The van der Waals surface area contributed by atoms with Gasteiger partial charge in [-0.2, -0.15) is 5.10 Å². The minimum atomic E-state index is -0.984. The predicted molar refractivity (Wildman–Crippen MR) is 119 cm³/mol. The molecule has 0 aliphatic heterocycles. The summed E-state index contributed by atoms with van der Waals surface area (Å²) in [7, 11) is 0. The Morgan fingerprint density at radius 1 is 1.20 bits per heavy atom. The highest BCUT2D eigenvalue weighted by Crippen LogP contribution is 2.39. The zero-order valence-electron chi connectivity index (χ0n) is 17.3. The van der Waals surface area contributed by atoms with Crippen molar-refractivity contribution in [3.05, 3.63) is 65.6 Å². The van der Waals surface area contributed by atoms with E-state index in [4.69, 9.17) is 16.7 Å². The summed E-state index contributed by atoms with van der Waals surface area (Å²) in [6.45, 7) is 7.53. The smallest absolute Gasteiger partial charge is 0.408 e. The first-order chi connectivity index (χ1) is 14.2. The first-order valence-electron chi connectivity index (χ1n) is 9.76. The lowest BCUT2D eigenvalue weighted by atomic mass is 9.92. The number of carboxylic acid groups (broad SMARTS) is 1. The normalized spacial score (nSPS) is 12.1. The fourth-order valence-corrected chi connectivity index (χ4v) is 4.42. The number of carbonyl (C=O) groups is 1. The zero-order chi connectivity index (χ0) is 21.6. The van der Waals surface area contributed by atoms with Gasteiger partial charge >= 0.3 is 6.09 Å². The lowest BCUT2D eigenvalue weighted by Crippen LogP contribution is -2.49. The number of aromatic nitrogens is 3. The number of hydrogen-bond donors (Lipinski definition) is 1. The summed E-state index contributed by atoms with van der Waals surface area (Å²) in [5, 5.41) is 18.4. The monoisotopic (exact) mass is 422 g/mol. The van der Waals surface area contributed by atoms with Crippen LogP contribution in [0.1, 0.15) is 33.4 Å². The fourth-order valence-electron chi connectivity index (χ4n) is 4.24. The van der Waals surface area contributed by atoms with Gasteiger partial charge < -0.3 is 5.11 Å². The Labute approximate surface area is 179 Å². The third kappa shape index (κ3) is 3.17. The van der Waals surface area contributed by atoms with Crippen LogP contribution in [0.3, 0.4) is 0 Å². The maximum Gasteiger partial charge on any atom is 0.408 e. The highest BCUT2D eigenvalue weighted by molar-refractivity contribution is 6.31. The fraction of sp³-hybridized carbons (Fsp3) is 0.261. The molecule has 30 heavy (non-hydrogen) atoms. The SMILES string of the molecule is CC(C)N(C(=O)O)C(C)(C)c1nn(-c2cccnc2)c2ccc3cc(Cl)ccc3c12. The summed E-state index contributed by atoms with van der Waals surface area (Å²) in [5.74, 6) is 0. The highest BCUT2D eigenvalue weighted by Gasteiger charge is 2.39. The molecule has 0 aliphatic rings. The summed E-state index contributed by atoms with van der Waals surface area (Å²) in [5.41, 5.74) is 1.50. The van der Waals surface area contributed by atoms with Gasteiger partial charge in [0.1, 0.15) is 0 Å². The molecule has 1 N–H and O–H groups in total. The first kappa shape index (κ1) is 20.2. The third-order valence-electron chi connectivity index (χ3n) is 5.42. The van der Waals surface area contributed by atoms with Gasteiger partial charge in [-0.3, -0.25) is 9.88 Å². The molecule has 2 heterocycles. The van der Waals surface area contributed by atoms with Crippen molar-refractivity contribution in [2.75, 3.05) is 0 Å². The molecular formula is C23H23ClN4O2. The van der Waals surface area contributed by atoms with Crippen molar-refractivity contribution >= 4 is 39.4 Å². The van der Waals surface area contributed by atoms with Crippen molar-refractivity contribution in [3.8, 4) is 5.69 Å². The van der Waals surface area contributed by atoms with E-state index in [1.54, 1.807) is 12.4 Å². The molecule has 0 saturated heterocycles. The van der Waals surface area contributed by atoms with E-state index in [1.807, 2.05) is 74.8 Å². The lowest BCUT2D eigenvalue weighted by Gasteiger charge is -2.38. The number of rotatable bonds is 4. The summed E-state index contributed by atoms with van der Waals surface area (Å²) in [4.78, 5) is 17.8. The van der Waals surface area contributed by atoms with Gasteiger partial charge in [0.15, 0.2) is 0 Å². The lowest BCUT2D eigenvalue weighted by molar-refractivity contribution is 0.0692. The molecule has 0 aliphatic carbocycles. The Bertz CT molecular complexity index is 1250. The molecule has 6 nitrogen and oxygen atoms in total. The molecule has 0 atom stereocenters. The molecule has 7 heteroatoms. The molecule has 0 spiro atoms. The van der Waals surface area contributed by atoms with Crippen LogP contribution in [0.15, 0.2) is 54.9 Å². The van der Waals surface area contributed by atoms with Crippen LogP contribution >= 0.6 is 11.6 Å². The quantitative estimate of drug-likeness (QED) is 0.447. The largest absolute Gasteiger partial charge is 0.465 e. The molecule has 0 radical (unpaired) electrons. The van der Waals surface area contributed by atoms with Crippen LogP contribution in [-0.2, 0) is 5.54 Å². The van der Waals surface area contributed by atoms with Gasteiger partial charge in [0.25, 0.3) is 0 Å². The molecule has 4 rings (SSSR count). The van der Waals surface area contributed by atoms with Gasteiger partial charge in [-0.15, -0.1) is 0 Å². The average molecular weight is 423 g/mol. The van der Waals surface area contributed by atoms with E-state index < -0.39 is 11.6 Å². The molecular weight excluding hydrogens is 400 g/mol. The molecule has 1 amide bonds. The Kier molecular flexibility index (Phi) is 4.90. The van der Waals surface area contributed by atoms with Crippen molar-refractivity contribution in [2.24, 2.45) is 0 Å². The molecule has 0 bridgehead atoms. The molecule has 2 aromatic carbocycles. The van der Waals surface area contributed by atoms with Gasteiger partial charge in [0.05, 0.1) is 28.6 Å². The van der Waals surface area contributed by atoms with E-state index in [1.165, 1.54) is 4.90 Å². The van der Waals surface area contributed by atoms with Crippen LogP contribution in [0.5, 0.6) is 0 Å². The van der Waals surface area contributed by atoms with Crippen molar-refractivity contribution in [1.82, 2.24) is 19.7 Å². The summed E-state index contributed by atoms with van der Waals surface area (Å²) in [6.07, 6.45) is 2.47. The Balaban J connectivity index is 2.11. The number of halogens is 1. The van der Waals surface area contributed by atoms with Crippen LogP contribution in [0.25, 0.3) is 27.4 Å². The Hall–Kier alpha value is -3.12. The minimum Gasteiger partial charge on any atom is -0.465 e. The second kappa shape index (κ2) is 7.29. The van der Waals surface area contributed by atoms with Crippen molar-refractivity contribution in [3.63, 3.8) is 0 Å². The number of nitrogens with zero attached hydrogens (tertiary/aromatic N) is 4. The Morgan fingerprint density at radius 3 is 2.60 bits per heavy atom. The van der Waals surface area contributed by atoms with Crippen molar-refractivity contribution in [2.45, 2.75) is 39.3 Å². The van der Waals surface area contributed by atoms with Crippen LogP contribution < -0.4 is 0 Å². The number of hydrogen-bond acceptors (Lipinski definition) is 3. The summed E-state index contributed by atoms with van der Waals surface area (Å²) < 4.78 is 1.83. The second-order valence-electron chi connectivity index (χ2n) is 8.10. The van der Waals surface area contributed by atoms with E-state index in [2.05, 4.69) is 4.98 Å². The number of benzene rings is 2. The van der Waals surface area contributed by atoms with Gasteiger partial charge in [0, 0.05) is 22.6 Å². The highest BCUT2D eigenvalue weighted by atomic mass is 35.5. The van der Waals surface area contributed by atoms with Crippen LogP contribution in [0, 0.1) is 0 Å². The van der Waals surface area contributed by atoms with E-state index in [9.17, 15) is 9.90 Å². The van der Waals surface area contributed by atoms with Crippen molar-refractivity contribution in [1.29, 1.82) is 0 Å². The van der Waals surface area contributed by atoms with Gasteiger partial charge in [0.2, 0.25) is 0 Å². The van der Waals surface area contributed by atoms with Gasteiger partial charge in [-0.25, -0.2) is 9.48 Å². The van der Waals surface area contributed by atoms with Gasteiger partial charge in [-0.1, -0.05) is 23.7 Å². The molecule has 154 valence electrons. The first-order valence-corrected chi connectivity index (χ1v) is 10.1. The zero-order valence-corrected chi connectivity index (χ0v) is 18.1. The number of pyridine rings is 1. The standard InChI is InChI=1S/C23H23ClN4O2/c1-14(2)27(22(29)30)23(3,4)21-20-18-9-8-16(24)12-15(18)7-10-19(20)28(26-21)17-6-5-11-25-13-17/h5-14H,1-4H3,(H,29,30). The minimum absolute atomic E-state index is 0.222. The average Bonchev–Trinajstić information content (AvgIpc) is 3.08. The molecule has 0 saturated carbocycles. The van der Waals surface area contributed by atoms with Crippen LogP contribution in [-0.4, -0.2) is 36.9 Å². The second-order valence-corrected chi connectivity index (χ2v) is 8.54. The molecule has 2 aromatic heterocycles. The number of amides is 1. The van der Waals surface area contributed by atoms with E-state index >= 15 is 0 Å². The number of fused-ring (bicyclic) bond motifs is 3. The summed E-state index contributed by atoms with van der Waals surface area (Å²) in [6, 6.07) is 13.3. The van der Waals surface area contributed by atoms with E-state index in [0.717, 1.165) is 27.4 Å². The molecule has 4 aromatic rings. The Morgan fingerprint density at radius 2 is 1.97 bits per heavy atom. The molecule has 0 unspecified atom stereocenters. The molecule has 0 fully saturated rings. The van der Waals surface area contributed by atoms with Crippen molar-refractivity contribution < 1.29 is 9.90 Å². The topological polar surface area (TPSA) is 71.2 Å². The van der Waals surface area contributed by atoms with Gasteiger partial charge in [-0.05, 0) is 68.8 Å². The van der Waals surface area contributed by atoms with Crippen LogP contribution in [0.2, 0.25) is 5.02 Å². The summed E-state index contributed by atoms with van der Waals surface area (Å²) >= 11 is 6.22. The van der Waals surface area contributed by atoms with E-state index in [-0.39, 0.29) is 6.04 Å². The predicted octanol–water partition coefficient (Wildman–Crippen LogP) is 5.85. The third-order valence-corrected chi connectivity index (χ3v) is 5.65. The van der Waals surface area contributed by atoms with Crippen LogP contribution in [0.4, 0.5) is 4.79 Å². The van der Waals surface area contributed by atoms with E-state index in [0.29, 0.717) is 10.7 Å². The maximum atomic E-state index is 12.1.